The van der Waals surface area contributed by atoms with Crippen molar-refractivity contribution in [1.29, 1.82) is 0 Å². The predicted molar refractivity (Wildman–Crippen MR) is 98.3 cm³/mol. The molecule has 0 bridgehead atoms. The van der Waals surface area contributed by atoms with Crippen LogP contribution in [0.5, 0.6) is 0 Å². The monoisotopic (exact) mass is 371 g/mol. The molecule has 0 aliphatic heterocycles. The van der Waals surface area contributed by atoms with E-state index in [1.165, 1.54) is 0 Å². The van der Waals surface area contributed by atoms with Gasteiger partial charge in [-0.3, -0.25) is 4.79 Å². The van der Waals surface area contributed by atoms with Gasteiger partial charge < -0.3 is 11.1 Å². The summed E-state index contributed by atoms with van der Waals surface area (Å²) in [5, 5.41) is 7.72. The maximum atomic E-state index is 12.2. The summed E-state index contributed by atoms with van der Waals surface area (Å²) in [5.74, 6) is 0.680. The molecule has 0 atom stereocenters. The Morgan fingerprint density at radius 1 is 1.33 bits per heavy atom. The lowest BCUT2D eigenvalue weighted by atomic mass is 10.2. The number of rotatable bonds is 7. The van der Waals surface area contributed by atoms with E-state index in [0.717, 1.165) is 12.8 Å². The summed E-state index contributed by atoms with van der Waals surface area (Å²) in [6, 6.07) is 7.36. The summed E-state index contributed by atoms with van der Waals surface area (Å²) in [6.45, 7) is 5.18. The second kappa shape index (κ2) is 9.61. The molecule has 3 N–H and O–H groups in total. The van der Waals surface area contributed by atoms with Crippen LogP contribution in [0.2, 0.25) is 5.02 Å². The van der Waals surface area contributed by atoms with Gasteiger partial charge in [0, 0.05) is 12.5 Å². The zero-order chi connectivity index (χ0) is 16.8. The van der Waals surface area contributed by atoms with Crippen molar-refractivity contribution in [3.05, 3.63) is 40.9 Å². The number of carbonyl (C=O) groups excluding carboxylic acids is 1. The molecule has 0 spiro atoms. The molecule has 1 heterocycles. The Balaban J connectivity index is 0.00000288. The predicted octanol–water partition coefficient (Wildman–Crippen LogP) is 2.93. The van der Waals surface area contributed by atoms with Crippen LogP contribution in [0, 0.1) is 0 Å². The first kappa shape index (κ1) is 20.4. The molecule has 0 fully saturated rings. The molecule has 2 rings (SSSR count). The molecular formula is C16H23Cl2N5O. The highest BCUT2D eigenvalue weighted by molar-refractivity contribution is 6.32. The van der Waals surface area contributed by atoms with Crippen molar-refractivity contribution in [2.24, 2.45) is 5.73 Å². The lowest BCUT2D eigenvalue weighted by molar-refractivity contribution is 0.0942. The molecule has 6 nitrogen and oxygen atoms in total. The van der Waals surface area contributed by atoms with Crippen molar-refractivity contribution in [3.8, 4) is 5.69 Å². The van der Waals surface area contributed by atoms with Gasteiger partial charge in [0.15, 0.2) is 0 Å². The quantitative estimate of drug-likeness (QED) is 0.732. The number of carbonyl (C=O) groups is 1. The number of hydrogen-bond acceptors (Lipinski definition) is 4. The first-order valence-electron chi connectivity index (χ1n) is 7.74. The zero-order valence-electron chi connectivity index (χ0n) is 13.8. The standard InChI is InChI=1S/C16H22ClN5O.ClH/c1-11(2)15-20-14(16(23)19-10-6-5-9-18)21-22(15)13-8-4-3-7-12(13)17;/h3-4,7-8,11H,5-6,9-10,18H2,1-2H3,(H,19,23);1H. The van der Waals surface area contributed by atoms with Crippen LogP contribution in [0.3, 0.4) is 0 Å². The molecule has 8 heteroatoms. The summed E-state index contributed by atoms with van der Waals surface area (Å²) in [7, 11) is 0. The number of nitrogens with two attached hydrogens (primary N) is 1. The number of benzene rings is 1. The van der Waals surface area contributed by atoms with Crippen molar-refractivity contribution in [1.82, 2.24) is 20.1 Å². The first-order valence-corrected chi connectivity index (χ1v) is 8.12. The molecule has 2 aromatic rings. The van der Waals surface area contributed by atoms with E-state index in [0.29, 0.717) is 29.6 Å². The van der Waals surface area contributed by atoms with Gasteiger partial charge in [0.05, 0.1) is 10.7 Å². The Hall–Kier alpha value is -1.63. The molecule has 0 saturated carbocycles. The van der Waals surface area contributed by atoms with E-state index in [4.69, 9.17) is 17.3 Å². The normalized spacial score (nSPS) is 10.5. The van der Waals surface area contributed by atoms with Gasteiger partial charge in [0.1, 0.15) is 5.82 Å². The highest BCUT2D eigenvalue weighted by Gasteiger charge is 2.20. The molecule has 0 radical (unpaired) electrons. The number of halogens is 2. The number of aromatic nitrogens is 3. The van der Waals surface area contributed by atoms with Crippen molar-refractivity contribution in [3.63, 3.8) is 0 Å². The molecule has 0 aliphatic rings. The van der Waals surface area contributed by atoms with Crippen molar-refractivity contribution in [2.45, 2.75) is 32.6 Å². The van der Waals surface area contributed by atoms with E-state index in [1.54, 1.807) is 10.7 Å². The fourth-order valence-electron chi connectivity index (χ4n) is 2.15. The first-order chi connectivity index (χ1) is 11.0. The largest absolute Gasteiger partial charge is 0.349 e. The maximum Gasteiger partial charge on any atom is 0.290 e. The Bertz CT molecular complexity index is 672. The lowest BCUT2D eigenvalue weighted by Gasteiger charge is -2.09. The van der Waals surface area contributed by atoms with Crippen LogP contribution < -0.4 is 11.1 Å². The van der Waals surface area contributed by atoms with Gasteiger partial charge in [0.25, 0.3) is 5.91 Å². The number of para-hydroxylation sites is 1. The maximum absolute atomic E-state index is 12.2. The minimum Gasteiger partial charge on any atom is -0.349 e. The third kappa shape index (κ3) is 4.93. The highest BCUT2D eigenvalue weighted by atomic mass is 35.5. The van der Waals surface area contributed by atoms with Gasteiger partial charge in [-0.1, -0.05) is 37.6 Å². The molecule has 0 saturated heterocycles. The van der Waals surface area contributed by atoms with E-state index in [-0.39, 0.29) is 30.1 Å². The molecule has 1 aromatic heterocycles. The number of hydrogen-bond donors (Lipinski definition) is 2. The van der Waals surface area contributed by atoms with Crippen LogP contribution in [0.15, 0.2) is 24.3 Å². The van der Waals surface area contributed by atoms with Crippen LogP contribution in [-0.2, 0) is 0 Å². The SMILES string of the molecule is CC(C)c1nc(C(=O)NCCCCN)nn1-c1ccccc1Cl.Cl. The van der Waals surface area contributed by atoms with Gasteiger partial charge in [-0.25, -0.2) is 9.67 Å². The summed E-state index contributed by atoms with van der Waals surface area (Å²) >= 11 is 6.24. The van der Waals surface area contributed by atoms with Gasteiger partial charge in [-0.2, -0.15) is 0 Å². The van der Waals surface area contributed by atoms with E-state index in [9.17, 15) is 4.79 Å². The fraction of sp³-hybridized carbons (Fsp3) is 0.438. The fourth-order valence-corrected chi connectivity index (χ4v) is 2.36. The van der Waals surface area contributed by atoms with Crippen molar-refractivity contribution in [2.75, 3.05) is 13.1 Å². The van der Waals surface area contributed by atoms with Crippen LogP contribution in [0.25, 0.3) is 5.69 Å². The van der Waals surface area contributed by atoms with Crippen LogP contribution >= 0.6 is 24.0 Å². The number of nitrogens with zero attached hydrogens (tertiary/aromatic N) is 3. The summed E-state index contributed by atoms with van der Waals surface area (Å²) < 4.78 is 1.64. The number of amides is 1. The van der Waals surface area contributed by atoms with Gasteiger partial charge in [-0.15, -0.1) is 17.5 Å². The Morgan fingerprint density at radius 2 is 2.04 bits per heavy atom. The molecular weight excluding hydrogens is 349 g/mol. The summed E-state index contributed by atoms with van der Waals surface area (Å²) in [4.78, 5) is 16.6. The average Bonchev–Trinajstić information content (AvgIpc) is 2.97. The molecule has 0 aliphatic carbocycles. The van der Waals surface area contributed by atoms with Gasteiger partial charge in [0.2, 0.25) is 5.82 Å². The van der Waals surface area contributed by atoms with Crippen LogP contribution in [0.1, 0.15) is 49.1 Å². The molecule has 0 unspecified atom stereocenters. The zero-order valence-corrected chi connectivity index (χ0v) is 15.4. The van der Waals surface area contributed by atoms with Crippen LogP contribution in [0.4, 0.5) is 0 Å². The van der Waals surface area contributed by atoms with Crippen molar-refractivity contribution < 1.29 is 4.79 Å². The van der Waals surface area contributed by atoms with Crippen molar-refractivity contribution >= 4 is 29.9 Å². The molecule has 132 valence electrons. The van der Waals surface area contributed by atoms with E-state index in [2.05, 4.69) is 15.4 Å². The third-order valence-electron chi connectivity index (χ3n) is 3.35. The summed E-state index contributed by atoms with van der Waals surface area (Å²) in [5.41, 5.74) is 6.15. The third-order valence-corrected chi connectivity index (χ3v) is 3.67. The average molecular weight is 372 g/mol. The highest BCUT2D eigenvalue weighted by Crippen LogP contribution is 2.23. The number of nitrogens with one attached hydrogen (secondary N) is 1. The van der Waals surface area contributed by atoms with Crippen LogP contribution in [-0.4, -0.2) is 33.8 Å². The van der Waals surface area contributed by atoms with Gasteiger partial charge in [-0.05, 0) is 31.5 Å². The van der Waals surface area contributed by atoms with E-state index >= 15 is 0 Å². The second-order valence-corrected chi connectivity index (χ2v) is 5.97. The lowest BCUT2D eigenvalue weighted by Crippen LogP contribution is -2.26. The van der Waals surface area contributed by atoms with E-state index in [1.807, 2.05) is 32.0 Å². The smallest absolute Gasteiger partial charge is 0.290 e. The van der Waals surface area contributed by atoms with Gasteiger partial charge >= 0.3 is 0 Å². The minimum absolute atomic E-state index is 0. The Morgan fingerprint density at radius 3 is 2.67 bits per heavy atom. The van der Waals surface area contributed by atoms with E-state index < -0.39 is 0 Å². The summed E-state index contributed by atoms with van der Waals surface area (Å²) in [6.07, 6.45) is 1.71. The minimum atomic E-state index is -0.283. The molecule has 1 aromatic carbocycles. The topological polar surface area (TPSA) is 85.8 Å². The Labute approximate surface area is 153 Å². The second-order valence-electron chi connectivity index (χ2n) is 5.56. The molecule has 1 amide bonds. The number of unbranched alkanes of at least 4 members (excludes halogenated alkanes) is 1. The molecule has 24 heavy (non-hydrogen) atoms. The Kier molecular flexibility index (Phi) is 8.18.